The summed E-state index contributed by atoms with van der Waals surface area (Å²) < 4.78 is 1.87. The second-order valence-electron chi connectivity index (χ2n) is 2.50. The van der Waals surface area contributed by atoms with Crippen LogP contribution in [0.2, 0.25) is 0 Å². The Morgan fingerprint density at radius 1 is 1.33 bits per heavy atom. The Hall–Kier alpha value is -1.65. The van der Waals surface area contributed by atoms with Crippen LogP contribution in [0.25, 0.3) is 11.5 Å². The summed E-state index contributed by atoms with van der Waals surface area (Å²) in [5.74, 6) is 1.61. The van der Waals surface area contributed by atoms with E-state index in [2.05, 4.69) is 20.3 Å². The van der Waals surface area contributed by atoms with E-state index >= 15 is 0 Å². The Labute approximate surface area is 69.8 Å². The predicted molar refractivity (Wildman–Crippen MR) is 45.0 cm³/mol. The summed E-state index contributed by atoms with van der Waals surface area (Å²) in [6.07, 6.45) is 3.22. The van der Waals surface area contributed by atoms with Crippen LogP contribution in [0.15, 0.2) is 12.7 Å². The van der Waals surface area contributed by atoms with E-state index < -0.39 is 0 Å². The van der Waals surface area contributed by atoms with Crippen molar-refractivity contribution in [3.05, 3.63) is 12.7 Å². The van der Waals surface area contributed by atoms with Crippen molar-refractivity contribution in [3.63, 3.8) is 0 Å². The summed E-state index contributed by atoms with van der Waals surface area (Å²) in [5.41, 5.74) is 0.808. The van der Waals surface area contributed by atoms with Gasteiger partial charge < -0.3 is 9.88 Å². The summed E-state index contributed by atoms with van der Waals surface area (Å²) in [4.78, 5) is 12.2. The van der Waals surface area contributed by atoms with E-state index in [0.29, 0.717) is 5.82 Å². The third-order valence-electron chi connectivity index (χ3n) is 1.75. The molecule has 0 spiro atoms. The van der Waals surface area contributed by atoms with E-state index in [1.54, 1.807) is 6.33 Å². The highest BCUT2D eigenvalue weighted by atomic mass is 15.2. The normalized spacial score (nSPS) is 10.5. The number of rotatable bonds is 1. The lowest BCUT2D eigenvalue weighted by atomic mass is 10.4. The monoisotopic (exact) mass is 163 g/mol. The maximum absolute atomic E-state index is 4.10. The van der Waals surface area contributed by atoms with Crippen molar-refractivity contribution < 1.29 is 0 Å². The van der Waals surface area contributed by atoms with Crippen molar-refractivity contribution >= 4 is 5.82 Å². The van der Waals surface area contributed by atoms with E-state index in [1.165, 1.54) is 6.33 Å². The largest absolute Gasteiger partial charge is 0.373 e. The average Bonchev–Trinajstić information content (AvgIpc) is 2.52. The number of nitrogens with one attached hydrogen (secondary N) is 1. The number of fused-ring (bicyclic) bond motifs is 1. The van der Waals surface area contributed by atoms with Gasteiger partial charge in [-0.25, -0.2) is 15.0 Å². The van der Waals surface area contributed by atoms with Gasteiger partial charge in [0.15, 0.2) is 5.82 Å². The van der Waals surface area contributed by atoms with Crippen molar-refractivity contribution in [3.8, 4) is 11.5 Å². The first kappa shape index (κ1) is 7.02. The summed E-state index contributed by atoms with van der Waals surface area (Å²) in [7, 11) is 3.76. The molecule has 0 radical (unpaired) electrons. The van der Waals surface area contributed by atoms with Gasteiger partial charge in [-0.2, -0.15) is 0 Å². The van der Waals surface area contributed by atoms with Crippen LogP contribution in [0.5, 0.6) is 0 Å². The molecule has 0 aromatic rings. The number of nitrogens with zero attached hydrogens (tertiary/aromatic N) is 4. The second kappa shape index (κ2) is 2.44. The molecule has 0 aromatic heterocycles. The van der Waals surface area contributed by atoms with Crippen LogP contribution in [-0.4, -0.2) is 26.6 Å². The van der Waals surface area contributed by atoms with Crippen molar-refractivity contribution in [1.82, 2.24) is 19.5 Å². The SMILES string of the molecule is CNc1c2ncnc-2ncn1C. The summed E-state index contributed by atoms with van der Waals surface area (Å²) in [6, 6.07) is 0. The highest BCUT2D eigenvalue weighted by Gasteiger charge is 2.12. The third kappa shape index (κ3) is 0.827. The number of anilines is 1. The minimum Gasteiger partial charge on any atom is -0.373 e. The molecular formula is C7H9N5. The van der Waals surface area contributed by atoms with Crippen molar-refractivity contribution in [2.45, 2.75) is 0 Å². The van der Waals surface area contributed by atoms with Crippen LogP contribution >= 0.6 is 0 Å². The standard InChI is InChI=1S/C7H9N5/c1-8-7-5-6(10-3-9-5)11-4-12(7)2/h3-4,8H,1-2H3. The smallest absolute Gasteiger partial charge is 0.184 e. The van der Waals surface area contributed by atoms with Gasteiger partial charge in [-0.05, 0) is 0 Å². The predicted octanol–water partition coefficient (Wildman–Crippen LogP) is 0.357. The van der Waals surface area contributed by atoms with Gasteiger partial charge in [0.1, 0.15) is 17.8 Å². The first-order valence-electron chi connectivity index (χ1n) is 3.62. The van der Waals surface area contributed by atoms with Gasteiger partial charge in [0.2, 0.25) is 0 Å². The number of aryl methyl sites for hydroxylation is 1. The van der Waals surface area contributed by atoms with Gasteiger partial charge >= 0.3 is 0 Å². The molecule has 5 heteroatoms. The fourth-order valence-electron chi connectivity index (χ4n) is 1.18. The fraction of sp³-hybridized carbons (Fsp3) is 0.286. The van der Waals surface area contributed by atoms with Gasteiger partial charge in [0.05, 0.1) is 6.33 Å². The Bertz CT molecular complexity index is 366. The molecule has 0 saturated heterocycles. The lowest BCUT2D eigenvalue weighted by Crippen LogP contribution is -2.05. The Kier molecular flexibility index (Phi) is 1.43. The molecule has 5 nitrogen and oxygen atoms in total. The van der Waals surface area contributed by atoms with Gasteiger partial charge in [-0.1, -0.05) is 0 Å². The molecule has 0 fully saturated rings. The average molecular weight is 163 g/mol. The molecular weight excluding hydrogens is 154 g/mol. The molecule has 2 aliphatic rings. The third-order valence-corrected chi connectivity index (χ3v) is 1.75. The molecule has 2 aliphatic heterocycles. The van der Waals surface area contributed by atoms with Crippen LogP contribution in [0.1, 0.15) is 0 Å². The Morgan fingerprint density at radius 2 is 2.17 bits per heavy atom. The fourth-order valence-corrected chi connectivity index (χ4v) is 1.18. The van der Waals surface area contributed by atoms with Crippen molar-refractivity contribution in [2.75, 3.05) is 12.4 Å². The molecule has 2 heterocycles. The van der Waals surface area contributed by atoms with Crippen LogP contribution in [-0.2, 0) is 7.05 Å². The van der Waals surface area contributed by atoms with Gasteiger partial charge in [0.25, 0.3) is 0 Å². The van der Waals surface area contributed by atoms with Crippen LogP contribution < -0.4 is 5.32 Å². The molecule has 0 aliphatic carbocycles. The zero-order chi connectivity index (χ0) is 8.55. The highest BCUT2D eigenvalue weighted by molar-refractivity contribution is 5.66. The second-order valence-corrected chi connectivity index (χ2v) is 2.50. The van der Waals surface area contributed by atoms with Gasteiger partial charge in [0, 0.05) is 14.1 Å². The van der Waals surface area contributed by atoms with Crippen molar-refractivity contribution in [2.24, 2.45) is 7.05 Å². The van der Waals surface area contributed by atoms with E-state index in [1.807, 2.05) is 18.7 Å². The topological polar surface area (TPSA) is 55.6 Å². The number of hydrogen-bond donors (Lipinski definition) is 1. The van der Waals surface area contributed by atoms with E-state index in [-0.39, 0.29) is 0 Å². The first-order valence-corrected chi connectivity index (χ1v) is 3.62. The highest BCUT2D eigenvalue weighted by Crippen LogP contribution is 2.21. The summed E-state index contributed by atoms with van der Waals surface area (Å²) in [6.45, 7) is 0. The Balaban J connectivity index is 2.73. The molecule has 0 aromatic carbocycles. The summed E-state index contributed by atoms with van der Waals surface area (Å²) in [5, 5.41) is 3.04. The minimum atomic E-state index is 0.678. The van der Waals surface area contributed by atoms with Crippen LogP contribution in [0.4, 0.5) is 5.82 Å². The summed E-state index contributed by atoms with van der Waals surface area (Å²) >= 11 is 0. The van der Waals surface area contributed by atoms with Crippen LogP contribution in [0.3, 0.4) is 0 Å². The lowest BCUT2D eigenvalue weighted by Gasteiger charge is -2.09. The molecule has 2 rings (SSSR count). The van der Waals surface area contributed by atoms with E-state index in [9.17, 15) is 0 Å². The molecule has 0 saturated carbocycles. The van der Waals surface area contributed by atoms with E-state index in [4.69, 9.17) is 0 Å². The molecule has 1 N–H and O–H groups in total. The molecule has 0 unspecified atom stereocenters. The number of imidazole rings is 1. The lowest BCUT2D eigenvalue weighted by molar-refractivity contribution is 0.865. The zero-order valence-corrected chi connectivity index (χ0v) is 6.94. The molecule has 0 atom stereocenters. The number of hydrogen-bond acceptors (Lipinski definition) is 4. The number of aromatic nitrogens is 4. The molecule has 0 bridgehead atoms. The maximum atomic E-state index is 4.10. The molecule has 0 amide bonds. The maximum Gasteiger partial charge on any atom is 0.184 e. The van der Waals surface area contributed by atoms with Crippen molar-refractivity contribution in [1.29, 1.82) is 0 Å². The first-order chi connectivity index (χ1) is 5.83. The van der Waals surface area contributed by atoms with Gasteiger partial charge in [-0.15, -0.1) is 0 Å². The molecule has 62 valence electrons. The van der Waals surface area contributed by atoms with Gasteiger partial charge in [-0.3, -0.25) is 0 Å². The zero-order valence-electron chi connectivity index (χ0n) is 6.94. The van der Waals surface area contributed by atoms with Crippen LogP contribution in [0, 0.1) is 0 Å². The minimum absolute atomic E-state index is 0.678. The quantitative estimate of drug-likeness (QED) is 0.659. The molecule has 12 heavy (non-hydrogen) atoms. The van der Waals surface area contributed by atoms with E-state index in [0.717, 1.165) is 11.5 Å². The Morgan fingerprint density at radius 3 is 2.92 bits per heavy atom.